The standard InChI is InChI=1S/C21H32O10.2C8H8O3.C7H6O5.C7H8O2.C6H6O3/c1-9(2)27-17-16(25)18(21(29-11(5)6)31-20(17)28-10(3)4)30-19(26)12-7-13(22)15(24)14(23)8-12;1-11-8-4-6(5-9)2-3-7(8)10;1-5-2-3-6(9)4-7(5)8(10)11;8-4-1-3(7(11)12)2-5(9)6(4)10;1-5-2-6(8)4-7(9)3-5;7-4-1-5(8)3-6(9)2-4/h7-11,16-18,20-25H,1-6H3;2-5,10H,1H3;2-4,9H,1H3,(H,10,11);1-2,8-10H,(H,11,12);2-4,8-9H,1H3;1-3,7-9H. The fraction of sp³-hybridized carbons (Fsp3) is 0.298. The quantitative estimate of drug-likeness (QED) is 0.0323. The molecule has 1 fully saturated rings. The van der Waals surface area contributed by atoms with E-state index in [9.17, 15) is 39.6 Å². The summed E-state index contributed by atoms with van der Waals surface area (Å²) >= 11 is 0. The lowest BCUT2D eigenvalue weighted by Crippen LogP contribution is -2.62. The first kappa shape index (κ1) is 69.5. The first-order chi connectivity index (χ1) is 38.7. The molecule has 1 aliphatic heterocycles. The number of carboxylic acids is 2. The SMILES string of the molecule is CC(C)OC1OC(OC(C)C)C(OC(C)C)C(O)C1OC(=O)c1cc(O)c(O)c(O)c1.COc1cc(C=O)ccc1O.Cc1cc(O)cc(O)c1.Cc1ccc(O)cc1C(=O)O.O=C(O)c1cc(O)c(O)c(O)c1.Oc1cc(O)cc(O)c1. The van der Waals surface area contributed by atoms with E-state index in [-0.39, 0.29) is 75.2 Å². The number of carbonyl (C=O) groups is 4. The lowest BCUT2D eigenvalue weighted by molar-refractivity contribution is -0.367. The Bertz CT molecular complexity index is 2900. The number of methoxy groups -OCH3 is 1. The van der Waals surface area contributed by atoms with Crippen molar-refractivity contribution in [3.63, 3.8) is 0 Å². The summed E-state index contributed by atoms with van der Waals surface area (Å²) in [7, 11) is 1.43. The van der Waals surface area contributed by atoms with E-state index in [1.807, 2.05) is 0 Å². The summed E-state index contributed by atoms with van der Waals surface area (Å²) in [6.45, 7) is 14.1. The van der Waals surface area contributed by atoms with Crippen LogP contribution in [-0.4, -0.2) is 162 Å². The number of aryl methyl sites for hydroxylation is 2. The van der Waals surface area contributed by atoms with Crippen LogP contribution in [0.25, 0.3) is 0 Å². The smallest absolute Gasteiger partial charge is 0.338 e. The minimum Gasteiger partial charge on any atom is -0.508 e. The molecule has 0 bridgehead atoms. The van der Waals surface area contributed by atoms with Gasteiger partial charge in [0.25, 0.3) is 0 Å². The average molecular weight is 1170 g/mol. The summed E-state index contributed by atoms with van der Waals surface area (Å²) in [5, 5.41) is 145. The van der Waals surface area contributed by atoms with Crippen LogP contribution >= 0.6 is 0 Å². The molecule has 5 atom stereocenters. The number of aliphatic hydroxyl groups excluding tert-OH is 1. The number of aldehydes is 1. The van der Waals surface area contributed by atoms with Gasteiger partial charge in [0.2, 0.25) is 6.29 Å². The van der Waals surface area contributed by atoms with E-state index in [1.54, 1.807) is 73.6 Å². The van der Waals surface area contributed by atoms with Crippen molar-refractivity contribution in [2.45, 2.75) is 105 Å². The number of aromatic carboxylic acids is 2. The van der Waals surface area contributed by atoms with Crippen LogP contribution in [0.2, 0.25) is 0 Å². The van der Waals surface area contributed by atoms with Crippen LogP contribution in [0.5, 0.6) is 80.5 Å². The number of aliphatic hydroxyl groups is 1. The Labute approximate surface area is 474 Å². The highest BCUT2D eigenvalue weighted by atomic mass is 16.8. The number of phenolic OH excluding ortho intramolecular Hbond substituents is 13. The van der Waals surface area contributed by atoms with Gasteiger partial charge in [-0.15, -0.1) is 0 Å². The molecule has 26 heteroatoms. The van der Waals surface area contributed by atoms with Crippen molar-refractivity contribution in [2.24, 2.45) is 0 Å². The van der Waals surface area contributed by atoms with Crippen LogP contribution in [-0.2, 0) is 23.7 Å². The summed E-state index contributed by atoms with van der Waals surface area (Å²) in [4.78, 5) is 43.7. The Morgan fingerprint density at radius 2 is 0.916 bits per heavy atom. The molecule has 0 amide bonds. The predicted molar refractivity (Wildman–Crippen MR) is 292 cm³/mol. The first-order valence-corrected chi connectivity index (χ1v) is 24.5. The lowest BCUT2D eigenvalue weighted by atomic mass is 10.0. The Morgan fingerprint density at radius 1 is 0.494 bits per heavy atom. The van der Waals surface area contributed by atoms with E-state index in [4.69, 9.17) is 89.7 Å². The minimum atomic E-state index is -1.37. The van der Waals surface area contributed by atoms with Gasteiger partial charge in [0, 0.05) is 29.8 Å². The molecule has 0 spiro atoms. The van der Waals surface area contributed by atoms with Crippen LogP contribution in [0, 0.1) is 13.8 Å². The number of carbonyl (C=O) groups excluding carboxylic acids is 2. The van der Waals surface area contributed by atoms with Gasteiger partial charge in [-0.05, 0) is 133 Å². The van der Waals surface area contributed by atoms with Crippen molar-refractivity contribution in [2.75, 3.05) is 7.11 Å². The largest absolute Gasteiger partial charge is 0.508 e. The summed E-state index contributed by atoms with van der Waals surface area (Å²) in [5.74, 6) is -7.39. The number of phenols is 13. The molecule has 0 aromatic heterocycles. The fourth-order valence-electron chi connectivity index (χ4n) is 6.71. The van der Waals surface area contributed by atoms with Crippen LogP contribution in [0.4, 0.5) is 0 Å². The zero-order valence-corrected chi connectivity index (χ0v) is 46.2. The topological polar surface area (TPSA) is 447 Å². The lowest BCUT2D eigenvalue weighted by Gasteiger charge is -2.44. The zero-order chi connectivity index (χ0) is 63.2. The Hall–Kier alpha value is -9.60. The van der Waals surface area contributed by atoms with E-state index in [0.29, 0.717) is 23.2 Å². The predicted octanol–water partition coefficient (Wildman–Crippen LogP) is 7.34. The maximum Gasteiger partial charge on any atom is 0.338 e. The Morgan fingerprint density at radius 3 is 1.29 bits per heavy atom. The monoisotopic (exact) mass is 1170 g/mol. The van der Waals surface area contributed by atoms with E-state index < -0.39 is 83.3 Å². The van der Waals surface area contributed by atoms with Crippen molar-refractivity contribution in [1.29, 1.82) is 0 Å². The van der Waals surface area contributed by atoms with Gasteiger partial charge in [-0.25, -0.2) is 14.4 Å². The molecule has 6 aromatic rings. The Kier molecular flexibility index (Phi) is 27.3. The van der Waals surface area contributed by atoms with E-state index in [0.717, 1.165) is 48.0 Å². The average Bonchev–Trinajstić information content (AvgIpc) is 3.56. The molecule has 5 unspecified atom stereocenters. The molecular weight excluding hydrogens is 1100 g/mol. The third kappa shape index (κ3) is 23.2. The van der Waals surface area contributed by atoms with E-state index in [2.05, 4.69) is 0 Å². The van der Waals surface area contributed by atoms with Crippen molar-refractivity contribution >= 4 is 24.2 Å². The van der Waals surface area contributed by atoms with Gasteiger partial charge in [0.05, 0.1) is 42.1 Å². The highest BCUT2D eigenvalue weighted by Gasteiger charge is 2.50. The van der Waals surface area contributed by atoms with Gasteiger partial charge in [-0.2, -0.15) is 0 Å². The molecule has 0 radical (unpaired) electrons. The molecule has 452 valence electrons. The maximum atomic E-state index is 12.7. The van der Waals surface area contributed by atoms with E-state index in [1.165, 1.54) is 43.5 Å². The number of benzene rings is 6. The number of aromatic hydroxyl groups is 13. The number of rotatable bonds is 12. The van der Waals surface area contributed by atoms with Crippen molar-refractivity contribution < 1.29 is 129 Å². The molecule has 1 aliphatic rings. The number of esters is 1. The summed E-state index contributed by atoms with van der Waals surface area (Å²) in [6, 6.07) is 20.1. The number of hydrogen-bond acceptors (Lipinski definition) is 24. The molecule has 16 N–H and O–H groups in total. The highest BCUT2D eigenvalue weighted by Crippen LogP contribution is 2.38. The second-order valence-electron chi connectivity index (χ2n) is 18.4. The molecule has 1 heterocycles. The number of carboxylic acid groups (broad SMARTS) is 2. The van der Waals surface area contributed by atoms with Crippen molar-refractivity contribution in [1.82, 2.24) is 0 Å². The van der Waals surface area contributed by atoms with Gasteiger partial charge in [-0.3, -0.25) is 4.79 Å². The first-order valence-electron chi connectivity index (χ1n) is 24.5. The zero-order valence-electron chi connectivity index (χ0n) is 46.2. The third-order valence-electron chi connectivity index (χ3n) is 10.3. The molecule has 83 heavy (non-hydrogen) atoms. The van der Waals surface area contributed by atoms with Crippen LogP contribution in [0.1, 0.15) is 94.1 Å². The fourth-order valence-corrected chi connectivity index (χ4v) is 6.71. The number of ether oxygens (including phenoxy) is 6. The molecule has 0 aliphatic carbocycles. The van der Waals surface area contributed by atoms with Crippen LogP contribution in [0.15, 0.2) is 97.1 Å². The second kappa shape index (κ2) is 32.6. The molecule has 0 saturated carbocycles. The summed E-state index contributed by atoms with van der Waals surface area (Å²) < 4.78 is 33.3. The van der Waals surface area contributed by atoms with Gasteiger partial charge < -0.3 is 110 Å². The maximum absolute atomic E-state index is 12.7. The summed E-state index contributed by atoms with van der Waals surface area (Å²) in [5.41, 5.74) is 1.60. The second-order valence-corrected chi connectivity index (χ2v) is 18.4. The molecule has 26 nitrogen and oxygen atoms in total. The van der Waals surface area contributed by atoms with Gasteiger partial charge in [-0.1, -0.05) is 6.07 Å². The van der Waals surface area contributed by atoms with Crippen LogP contribution in [0.3, 0.4) is 0 Å². The molecular formula is C57H68O26. The van der Waals surface area contributed by atoms with Crippen LogP contribution < -0.4 is 4.74 Å². The van der Waals surface area contributed by atoms with Crippen molar-refractivity contribution in [3.8, 4) is 80.5 Å². The third-order valence-corrected chi connectivity index (χ3v) is 10.3. The highest BCUT2D eigenvalue weighted by molar-refractivity contribution is 5.91. The molecule has 1 saturated heterocycles. The minimum absolute atomic E-state index is 0.0204. The van der Waals surface area contributed by atoms with Crippen molar-refractivity contribution in [3.05, 3.63) is 130 Å². The number of hydrogen-bond donors (Lipinski definition) is 16. The molecule has 7 rings (SSSR count). The Balaban J connectivity index is 0.000000373. The van der Waals surface area contributed by atoms with Gasteiger partial charge in [0.15, 0.2) is 58.4 Å². The molecule has 6 aromatic carbocycles. The normalized spacial score (nSPS) is 15.8. The van der Waals surface area contributed by atoms with Gasteiger partial charge >= 0.3 is 17.9 Å². The van der Waals surface area contributed by atoms with Gasteiger partial charge in [0.1, 0.15) is 53.0 Å². The van der Waals surface area contributed by atoms with E-state index >= 15 is 0 Å². The summed E-state index contributed by atoms with van der Waals surface area (Å²) in [6.07, 6.45) is -5.95.